The van der Waals surface area contributed by atoms with Crippen molar-refractivity contribution in [1.29, 1.82) is 0 Å². The number of rotatable bonds is 1. The Morgan fingerprint density at radius 2 is 2.19 bits per heavy atom. The maximum absolute atomic E-state index is 13.0. The van der Waals surface area contributed by atoms with Gasteiger partial charge in [-0.15, -0.1) is 12.6 Å². The number of halogens is 1. The number of benzene rings is 1. The second-order valence-electron chi connectivity index (χ2n) is 3.68. The molecule has 0 radical (unpaired) electrons. The average molecular weight is 237 g/mol. The van der Waals surface area contributed by atoms with E-state index in [1.54, 1.807) is 4.90 Å². The van der Waals surface area contributed by atoms with Crippen molar-refractivity contribution in [3.63, 3.8) is 0 Å². The van der Waals surface area contributed by atoms with Crippen LogP contribution >= 0.6 is 12.6 Å². The van der Waals surface area contributed by atoms with Crippen molar-refractivity contribution in [1.82, 2.24) is 4.90 Å². The molecule has 84 valence electrons. The number of amides is 1. The summed E-state index contributed by atoms with van der Waals surface area (Å²) in [6, 6.07) is 4.24. The minimum absolute atomic E-state index is 0.0698. The van der Waals surface area contributed by atoms with Crippen molar-refractivity contribution in [2.24, 2.45) is 0 Å². The fourth-order valence-electron chi connectivity index (χ4n) is 1.65. The third-order valence-corrected chi connectivity index (χ3v) is 2.88. The van der Waals surface area contributed by atoms with Crippen molar-refractivity contribution >= 4 is 18.5 Å². The second-order valence-corrected chi connectivity index (χ2v) is 4.16. The maximum atomic E-state index is 13.0. The third kappa shape index (κ3) is 2.27. The highest BCUT2D eigenvalue weighted by Crippen LogP contribution is 2.16. The Morgan fingerprint density at radius 3 is 2.81 bits per heavy atom. The summed E-state index contributed by atoms with van der Waals surface area (Å²) in [4.78, 5) is 13.9. The van der Waals surface area contributed by atoms with E-state index in [-0.39, 0.29) is 10.8 Å². The van der Waals surface area contributed by atoms with Crippen LogP contribution in [0.15, 0.2) is 35.2 Å². The fourth-order valence-corrected chi connectivity index (χ4v) is 1.87. The number of hydrogen-bond donors (Lipinski definition) is 1. The standard InChI is InChI=1S/C12H12FNOS/c13-10-5-4-9(8-11(10)16)12(15)14-6-2-1-3-7-14/h1-2,4-5,8,16H,3,6-7H2. The zero-order valence-corrected chi connectivity index (χ0v) is 9.58. The molecule has 0 aliphatic carbocycles. The lowest BCUT2D eigenvalue weighted by Crippen LogP contribution is -2.33. The molecule has 0 atom stereocenters. The molecular formula is C12H12FNOS. The zero-order valence-electron chi connectivity index (χ0n) is 8.69. The monoisotopic (exact) mass is 237 g/mol. The van der Waals surface area contributed by atoms with E-state index in [0.717, 1.165) is 6.42 Å². The Morgan fingerprint density at radius 1 is 1.38 bits per heavy atom. The average Bonchev–Trinajstić information content (AvgIpc) is 2.33. The van der Waals surface area contributed by atoms with Crippen LogP contribution in [-0.4, -0.2) is 23.9 Å². The molecule has 1 aromatic carbocycles. The van der Waals surface area contributed by atoms with Gasteiger partial charge in [0.05, 0.1) is 0 Å². The Kier molecular flexibility index (Phi) is 3.29. The number of hydrogen-bond acceptors (Lipinski definition) is 2. The fraction of sp³-hybridized carbons (Fsp3) is 0.250. The Hall–Kier alpha value is -1.29. The smallest absolute Gasteiger partial charge is 0.254 e. The quantitative estimate of drug-likeness (QED) is 0.588. The summed E-state index contributed by atoms with van der Waals surface area (Å²) in [7, 11) is 0. The van der Waals surface area contributed by atoms with Crippen molar-refractivity contribution in [2.75, 3.05) is 13.1 Å². The number of thiol groups is 1. The van der Waals surface area contributed by atoms with Crippen molar-refractivity contribution in [2.45, 2.75) is 11.3 Å². The van der Waals surface area contributed by atoms with Gasteiger partial charge in [-0.1, -0.05) is 12.2 Å². The molecule has 0 saturated heterocycles. The largest absolute Gasteiger partial charge is 0.335 e. The predicted molar refractivity (Wildman–Crippen MR) is 63.3 cm³/mol. The summed E-state index contributed by atoms with van der Waals surface area (Å²) < 4.78 is 13.0. The highest BCUT2D eigenvalue weighted by Gasteiger charge is 2.16. The van der Waals surface area contributed by atoms with Gasteiger partial charge >= 0.3 is 0 Å². The van der Waals surface area contributed by atoms with Gasteiger partial charge in [0.25, 0.3) is 5.91 Å². The van der Waals surface area contributed by atoms with E-state index in [9.17, 15) is 9.18 Å². The molecule has 0 unspecified atom stereocenters. The maximum Gasteiger partial charge on any atom is 0.254 e. The van der Waals surface area contributed by atoms with Crippen LogP contribution in [-0.2, 0) is 0 Å². The summed E-state index contributed by atoms with van der Waals surface area (Å²) in [5.41, 5.74) is 0.488. The van der Waals surface area contributed by atoms with Crippen LogP contribution in [0.25, 0.3) is 0 Å². The summed E-state index contributed by atoms with van der Waals surface area (Å²) in [5.74, 6) is -0.474. The van der Waals surface area contributed by atoms with Crippen LogP contribution in [0.4, 0.5) is 4.39 Å². The van der Waals surface area contributed by atoms with E-state index in [4.69, 9.17) is 0 Å². The summed E-state index contributed by atoms with van der Waals surface area (Å²) in [6.07, 6.45) is 4.89. The summed E-state index contributed by atoms with van der Waals surface area (Å²) in [6.45, 7) is 1.34. The van der Waals surface area contributed by atoms with Gasteiger partial charge in [-0.05, 0) is 24.6 Å². The summed E-state index contributed by atoms with van der Waals surface area (Å²) >= 11 is 3.97. The van der Waals surface area contributed by atoms with Gasteiger partial charge in [-0.25, -0.2) is 4.39 Å². The molecule has 0 saturated carbocycles. The Labute approximate surface area is 99.2 Å². The topological polar surface area (TPSA) is 20.3 Å². The molecule has 1 aliphatic heterocycles. The van der Waals surface area contributed by atoms with E-state index in [1.807, 2.05) is 6.08 Å². The number of carbonyl (C=O) groups is 1. The normalized spacial score (nSPS) is 15.2. The molecule has 0 aromatic heterocycles. The number of carbonyl (C=O) groups excluding carboxylic acids is 1. The first-order valence-corrected chi connectivity index (χ1v) is 5.56. The predicted octanol–water partition coefficient (Wildman–Crippen LogP) is 2.52. The lowest BCUT2D eigenvalue weighted by atomic mass is 10.1. The molecule has 0 fully saturated rings. The number of nitrogens with zero attached hydrogens (tertiary/aromatic N) is 1. The first-order valence-electron chi connectivity index (χ1n) is 5.11. The van der Waals surface area contributed by atoms with E-state index in [2.05, 4.69) is 18.7 Å². The van der Waals surface area contributed by atoms with Gasteiger partial charge in [-0.3, -0.25) is 4.79 Å². The first kappa shape index (κ1) is 11.2. The second kappa shape index (κ2) is 4.70. The Bertz CT molecular complexity index is 445. The molecule has 1 aliphatic rings. The molecule has 0 bridgehead atoms. The van der Waals surface area contributed by atoms with Gasteiger partial charge in [-0.2, -0.15) is 0 Å². The van der Waals surface area contributed by atoms with Crippen LogP contribution in [0.3, 0.4) is 0 Å². The van der Waals surface area contributed by atoms with Gasteiger partial charge in [0.1, 0.15) is 5.82 Å². The van der Waals surface area contributed by atoms with Crippen molar-refractivity contribution < 1.29 is 9.18 Å². The van der Waals surface area contributed by atoms with Gasteiger partial charge in [0.2, 0.25) is 0 Å². The van der Waals surface area contributed by atoms with Crippen LogP contribution in [0.2, 0.25) is 0 Å². The van der Waals surface area contributed by atoms with Crippen molar-refractivity contribution in [3.8, 4) is 0 Å². The third-order valence-electron chi connectivity index (χ3n) is 2.54. The lowest BCUT2D eigenvalue weighted by Gasteiger charge is -2.23. The van der Waals surface area contributed by atoms with Crippen LogP contribution < -0.4 is 0 Å². The highest BCUT2D eigenvalue weighted by atomic mass is 32.1. The molecule has 4 heteroatoms. The van der Waals surface area contributed by atoms with E-state index < -0.39 is 5.82 Å². The molecule has 1 aromatic rings. The van der Waals surface area contributed by atoms with Crippen molar-refractivity contribution in [3.05, 3.63) is 41.7 Å². The molecule has 16 heavy (non-hydrogen) atoms. The minimum Gasteiger partial charge on any atom is -0.335 e. The van der Waals surface area contributed by atoms with Gasteiger partial charge in [0.15, 0.2) is 0 Å². The highest BCUT2D eigenvalue weighted by molar-refractivity contribution is 7.80. The molecule has 2 rings (SSSR count). The minimum atomic E-state index is -0.404. The molecule has 0 N–H and O–H groups in total. The van der Waals surface area contributed by atoms with Gasteiger partial charge in [0, 0.05) is 23.5 Å². The van der Waals surface area contributed by atoms with E-state index in [0.29, 0.717) is 18.7 Å². The molecular weight excluding hydrogens is 225 g/mol. The van der Waals surface area contributed by atoms with E-state index in [1.165, 1.54) is 18.2 Å². The molecule has 2 nitrogen and oxygen atoms in total. The van der Waals surface area contributed by atoms with Crippen LogP contribution in [0, 0.1) is 5.82 Å². The molecule has 0 spiro atoms. The van der Waals surface area contributed by atoms with Crippen LogP contribution in [0.1, 0.15) is 16.8 Å². The molecule has 1 amide bonds. The van der Waals surface area contributed by atoms with Crippen LogP contribution in [0.5, 0.6) is 0 Å². The first-order chi connectivity index (χ1) is 7.68. The molecule has 1 heterocycles. The SMILES string of the molecule is O=C(c1ccc(F)c(S)c1)N1CC=CCC1. The lowest BCUT2D eigenvalue weighted by molar-refractivity contribution is 0.0770. The van der Waals surface area contributed by atoms with E-state index >= 15 is 0 Å². The Balaban J connectivity index is 2.20. The van der Waals surface area contributed by atoms with Gasteiger partial charge < -0.3 is 4.90 Å². The summed E-state index contributed by atoms with van der Waals surface area (Å²) in [5, 5.41) is 0. The zero-order chi connectivity index (χ0) is 11.5.